The van der Waals surface area contributed by atoms with Gasteiger partial charge in [-0.15, -0.1) is 0 Å². The van der Waals surface area contributed by atoms with Crippen LogP contribution < -0.4 is 5.32 Å². The summed E-state index contributed by atoms with van der Waals surface area (Å²) in [5, 5.41) is 12.6. The zero-order chi connectivity index (χ0) is 21.3. The maximum Gasteiger partial charge on any atom is 0.416 e. The molecule has 1 fully saturated rings. The summed E-state index contributed by atoms with van der Waals surface area (Å²) in [6.45, 7) is 2.38. The second-order valence-electron chi connectivity index (χ2n) is 7.05. The number of aromatic carboxylic acids is 1. The Morgan fingerprint density at radius 2 is 1.83 bits per heavy atom. The van der Waals surface area contributed by atoms with Gasteiger partial charge in [0, 0.05) is 12.7 Å². The molecule has 10 heteroatoms. The summed E-state index contributed by atoms with van der Waals surface area (Å²) in [6, 6.07) is 5.99. The van der Waals surface area contributed by atoms with Gasteiger partial charge in [0.25, 0.3) is 0 Å². The van der Waals surface area contributed by atoms with Crippen molar-refractivity contribution in [3.63, 3.8) is 0 Å². The van der Waals surface area contributed by atoms with Crippen LogP contribution >= 0.6 is 0 Å². The van der Waals surface area contributed by atoms with Gasteiger partial charge >= 0.3 is 12.1 Å². The SMILES string of the molecule is O=C(O)c1ccnc2c(N[C@H](CN3CCC3)c3ccc(C(F)(F)F)cc3)ncnc12. The maximum absolute atomic E-state index is 12.9. The zero-order valence-corrected chi connectivity index (χ0v) is 15.7. The summed E-state index contributed by atoms with van der Waals surface area (Å²) in [5.41, 5.74) is 0.431. The number of carboxylic acids is 1. The average molecular weight is 417 g/mol. The van der Waals surface area contributed by atoms with Gasteiger partial charge in [0.1, 0.15) is 17.4 Å². The molecule has 0 spiro atoms. The number of benzene rings is 1. The Bertz CT molecular complexity index is 1070. The van der Waals surface area contributed by atoms with Crippen molar-refractivity contribution >= 4 is 22.8 Å². The van der Waals surface area contributed by atoms with Crippen molar-refractivity contribution in [3.8, 4) is 0 Å². The topological polar surface area (TPSA) is 91.2 Å². The van der Waals surface area contributed by atoms with Gasteiger partial charge in [-0.05, 0) is 43.3 Å². The van der Waals surface area contributed by atoms with Gasteiger partial charge in [0.05, 0.1) is 17.2 Å². The quantitative estimate of drug-likeness (QED) is 0.633. The van der Waals surface area contributed by atoms with E-state index in [1.54, 1.807) is 0 Å². The molecule has 3 heterocycles. The van der Waals surface area contributed by atoms with Gasteiger partial charge in [-0.25, -0.2) is 14.8 Å². The number of aromatic nitrogens is 3. The van der Waals surface area contributed by atoms with Crippen LogP contribution in [0.2, 0.25) is 0 Å². The Balaban J connectivity index is 1.69. The minimum atomic E-state index is -4.40. The molecule has 0 aliphatic carbocycles. The van der Waals surface area contributed by atoms with E-state index in [1.165, 1.54) is 30.7 Å². The molecule has 2 N–H and O–H groups in total. The Kier molecular flexibility index (Phi) is 5.25. The predicted octanol–water partition coefficient (Wildman–Crippen LogP) is 3.60. The van der Waals surface area contributed by atoms with Crippen LogP contribution in [0.3, 0.4) is 0 Å². The van der Waals surface area contributed by atoms with Crippen molar-refractivity contribution in [2.75, 3.05) is 25.0 Å². The number of halogens is 3. The van der Waals surface area contributed by atoms with Crippen LogP contribution in [0, 0.1) is 0 Å². The summed E-state index contributed by atoms with van der Waals surface area (Å²) >= 11 is 0. The summed E-state index contributed by atoms with van der Waals surface area (Å²) < 4.78 is 38.8. The van der Waals surface area contributed by atoms with Crippen LogP contribution in [0.25, 0.3) is 11.0 Å². The van der Waals surface area contributed by atoms with Crippen LogP contribution in [0.15, 0.2) is 42.9 Å². The standard InChI is InChI=1S/C20H18F3N5O2/c21-20(22,23)13-4-2-12(3-5-13)15(10-28-8-1-9-28)27-18-17-16(25-11-26-18)14(19(29)30)6-7-24-17/h2-7,11,15H,1,8-10H2,(H,29,30)(H,25,26,27)/t15-/m1/s1. The Morgan fingerprint density at radius 1 is 1.10 bits per heavy atom. The molecule has 7 nitrogen and oxygen atoms in total. The van der Waals surface area contributed by atoms with E-state index in [1.807, 2.05) is 0 Å². The number of carboxylic acid groups (broad SMARTS) is 1. The van der Waals surface area contributed by atoms with Gasteiger partial charge < -0.3 is 15.3 Å². The molecule has 0 saturated carbocycles. The first-order valence-corrected chi connectivity index (χ1v) is 9.32. The number of hydrogen-bond acceptors (Lipinski definition) is 6. The Hall–Kier alpha value is -3.27. The molecule has 1 aliphatic rings. The highest BCUT2D eigenvalue weighted by Gasteiger charge is 2.30. The molecule has 4 rings (SSSR count). The lowest BCUT2D eigenvalue weighted by molar-refractivity contribution is -0.137. The van der Waals surface area contributed by atoms with E-state index < -0.39 is 17.7 Å². The highest BCUT2D eigenvalue weighted by Crippen LogP contribution is 2.31. The van der Waals surface area contributed by atoms with Gasteiger partial charge in [0.2, 0.25) is 0 Å². The lowest BCUT2D eigenvalue weighted by Gasteiger charge is -2.34. The average Bonchev–Trinajstić information content (AvgIpc) is 2.68. The highest BCUT2D eigenvalue weighted by atomic mass is 19.4. The largest absolute Gasteiger partial charge is 0.478 e. The molecular formula is C20H18F3N5O2. The van der Waals surface area contributed by atoms with E-state index in [9.17, 15) is 23.1 Å². The first-order chi connectivity index (χ1) is 14.3. The number of likely N-dealkylation sites (tertiary alicyclic amines) is 1. The van der Waals surface area contributed by atoms with Crippen LogP contribution in [-0.2, 0) is 6.18 Å². The molecule has 2 aromatic heterocycles. The number of carbonyl (C=O) groups is 1. The molecule has 0 unspecified atom stereocenters. The summed E-state index contributed by atoms with van der Waals surface area (Å²) in [7, 11) is 0. The monoisotopic (exact) mass is 417 g/mol. The van der Waals surface area contributed by atoms with Gasteiger partial charge in [-0.1, -0.05) is 12.1 Å². The molecule has 3 aromatic rings. The Morgan fingerprint density at radius 3 is 2.43 bits per heavy atom. The third-order valence-electron chi connectivity index (χ3n) is 5.09. The second kappa shape index (κ2) is 7.86. The minimum Gasteiger partial charge on any atom is -0.478 e. The highest BCUT2D eigenvalue weighted by molar-refractivity contribution is 6.02. The normalized spacial score (nSPS) is 15.6. The van der Waals surface area contributed by atoms with Crippen molar-refractivity contribution < 1.29 is 23.1 Å². The van der Waals surface area contributed by atoms with E-state index in [-0.39, 0.29) is 22.6 Å². The number of alkyl halides is 3. The van der Waals surface area contributed by atoms with Crippen LogP contribution in [-0.4, -0.2) is 50.6 Å². The van der Waals surface area contributed by atoms with Gasteiger partial charge in [-0.3, -0.25) is 4.98 Å². The van der Waals surface area contributed by atoms with Crippen molar-refractivity contribution in [1.82, 2.24) is 19.9 Å². The molecule has 1 aromatic carbocycles. The molecule has 0 bridgehead atoms. The first-order valence-electron chi connectivity index (χ1n) is 9.32. The van der Waals surface area contributed by atoms with Crippen LogP contribution in [0.5, 0.6) is 0 Å². The summed E-state index contributed by atoms with van der Waals surface area (Å²) in [4.78, 5) is 26.1. The van der Waals surface area contributed by atoms with E-state index in [0.29, 0.717) is 17.9 Å². The van der Waals surface area contributed by atoms with Gasteiger partial charge in [0.15, 0.2) is 5.82 Å². The zero-order valence-electron chi connectivity index (χ0n) is 15.7. The Labute approximate surface area is 169 Å². The number of anilines is 1. The molecule has 156 valence electrons. The number of rotatable bonds is 6. The van der Waals surface area contributed by atoms with Crippen molar-refractivity contribution in [2.45, 2.75) is 18.6 Å². The maximum atomic E-state index is 12.9. The molecular weight excluding hydrogens is 399 g/mol. The fourth-order valence-electron chi connectivity index (χ4n) is 3.37. The lowest BCUT2D eigenvalue weighted by atomic mass is 10.0. The number of hydrogen-bond donors (Lipinski definition) is 2. The van der Waals surface area contributed by atoms with Gasteiger partial charge in [-0.2, -0.15) is 13.2 Å². The molecule has 30 heavy (non-hydrogen) atoms. The van der Waals surface area contributed by atoms with Crippen LogP contribution in [0.1, 0.15) is 33.9 Å². The third kappa shape index (κ3) is 4.04. The van der Waals surface area contributed by atoms with Crippen molar-refractivity contribution in [3.05, 3.63) is 59.5 Å². The smallest absolute Gasteiger partial charge is 0.416 e. The third-order valence-corrected chi connectivity index (χ3v) is 5.09. The molecule has 0 amide bonds. The minimum absolute atomic E-state index is 0.000673. The fourth-order valence-corrected chi connectivity index (χ4v) is 3.37. The molecule has 1 aliphatic heterocycles. The molecule has 0 radical (unpaired) electrons. The fraction of sp³-hybridized carbons (Fsp3) is 0.300. The number of fused-ring (bicyclic) bond motifs is 1. The number of nitrogens with zero attached hydrogens (tertiary/aromatic N) is 4. The van der Waals surface area contributed by atoms with E-state index >= 15 is 0 Å². The van der Waals surface area contributed by atoms with E-state index in [4.69, 9.17) is 0 Å². The van der Waals surface area contributed by atoms with E-state index in [0.717, 1.165) is 31.6 Å². The van der Waals surface area contributed by atoms with Crippen LogP contribution in [0.4, 0.5) is 19.0 Å². The van der Waals surface area contributed by atoms with Crippen molar-refractivity contribution in [1.29, 1.82) is 0 Å². The molecule has 1 atom stereocenters. The summed E-state index contributed by atoms with van der Waals surface area (Å²) in [6.07, 6.45) is -0.728. The molecule has 1 saturated heterocycles. The summed E-state index contributed by atoms with van der Waals surface area (Å²) in [5.74, 6) is -0.805. The number of pyridine rings is 1. The lowest BCUT2D eigenvalue weighted by Crippen LogP contribution is -2.41. The van der Waals surface area contributed by atoms with E-state index in [2.05, 4.69) is 25.2 Å². The predicted molar refractivity (Wildman–Crippen MR) is 103 cm³/mol. The number of nitrogens with one attached hydrogen (secondary N) is 1. The second-order valence-corrected chi connectivity index (χ2v) is 7.05. The van der Waals surface area contributed by atoms with Crippen molar-refractivity contribution in [2.24, 2.45) is 0 Å². The first kappa shape index (κ1) is 20.0.